The second-order valence-electron chi connectivity index (χ2n) is 8.41. The molecule has 1 aromatic heterocycles. The lowest BCUT2D eigenvalue weighted by molar-refractivity contribution is -0.120. The summed E-state index contributed by atoms with van der Waals surface area (Å²) < 4.78 is 0. The molecular formula is C27H27N3O2S. The van der Waals surface area contributed by atoms with Crippen LogP contribution in [0.25, 0.3) is 5.57 Å². The lowest BCUT2D eigenvalue weighted by atomic mass is 10.1. The first kappa shape index (κ1) is 21.5. The Balaban J connectivity index is 1.45. The van der Waals surface area contributed by atoms with Gasteiger partial charge >= 0.3 is 0 Å². The van der Waals surface area contributed by atoms with Crippen molar-refractivity contribution in [3.63, 3.8) is 0 Å². The molecule has 3 heterocycles. The predicted molar refractivity (Wildman–Crippen MR) is 136 cm³/mol. The van der Waals surface area contributed by atoms with Crippen LogP contribution in [-0.2, 0) is 16.0 Å². The van der Waals surface area contributed by atoms with Crippen LogP contribution in [0.5, 0.6) is 0 Å². The van der Waals surface area contributed by atoms with Gasteiger partial charge in [-0.15, -0.1) is 11.3 Å². The molecule has 0 spiro atoms. The Morgan fingerprint density at radius 2 is 1.55 bits per heavy atom. The molecule has 1 N–H and O–H groups in total. The summed E-state index contributed by atoms with van der Waals surface area (Å²) in [6, 6.07) is 19.5. The number of carbonyl (C=O) groups is 2. The summed E-state index contributed by atoms with van der Waals surface area (Å²) in [5, 5.41) is 5.19. The van der Waals surface area contributed by atoms with E-state index in [0.717, 1.165) is 35.6 Å². The van der Waals surface area contributed by atoms with E-state index in [2.05, 4.69) is 29.3 Å². The zero-order valence-electron chi connectivity index (χ0n) is 18.7. The van der Waals surface area contributed by atoms with Crippen LogP contribution in [0.2, 0.25) is 0 Å². The summed E-state index contributed by atoms with van der Waals surface area (Å²) in [6.07, 6.45) is 4.65. The molecule has 2 aromatic carbocycles. The van der Waals surface area contributed by atoms with Crippen LogP contribution in [0, 0.1) is 0 Å². The van der Waals surface area contributed by atoms with Gasteiger partial charge in [0.15, 0.2) is 0 Å². The van der Waals surface area contributed by atoms with Crippen LogP contribution >= 0.6 is 11.3 Å². The van der Waals surface area contributed by atoms with Crippen molar-refractivity contribution in [2.24, 2.45) is 0 Å². The van der Waals surface area contributed by atoms with Gasteiger partial charge < -0.3 is 10.2 Å². The van der Waals surface area contributed by atoms with Crippen molar-refractivity contribution >= 4 is 45.8 Å². The normalized spacial score (nSPS) is 16.6. The number of carbonyl (C=O) groups excluding carboxylic acids is 2. The van der Waals surface area contributed by atoms with Gasteiger partial charge in [-0.25, -0.2) is 4.90 Å². The number of hydrogen-bond acceptors (Lipinski definition) is 5. The molecule has 0 unspecified atom stereocenters. The maximum absolute atomic E-state index is 13.5. The third kappa shape index (κ3) is 4.18. The summed E-state index contributed by atoms with van der Waals surface area (Å²) in [4.78, 5) is 31.4. The van der Waals surface area contributed by atoms with E-state index < -0.39 is 0 Å². The monoisotopic (exact) mass is 457 g/mol. The number of nitrogens with zero attached hydrogens (tertiary/aromatic N) is 2. The number of piperidine rings is 1. The molecule has 6 heteroatoms. The van der Waals surface area contributed by atoms with Gasteiger partial charge in [-0.1, -0.05) is 25.1 Å². The summed E-state index contributed by atoms with van der Waals surface area (Å²) in [6.45, 7) is 4.24. The second kappa shape index (κ2) is 9.24. The van der Waals surface area contributed by atoms with Crippen LogP contribution in [-0.4, -0.2) is 24.9 Å². The van der Waals surface area contributed by atoms with Gasteiger partial charge in [0.1, 0.15) is 5.70 Å². The summed E-state index contributed by atoms with van der Waals surface area (Å²) in [5.74, 6) is -0.619. The second-order valence-corrected chi connectivity index (χ2v) is 9.36. The fraction of sp³-hybridized carbons (Fsp3) is 0.259. The Bertz CT molecular complexity index is 1180. The molecule has 0 saturated carbocycles. The first-order valence-electron chi connectivity index (χ1n) is 11.5. The van der Waals surface area contributed by atoms with E-state index in [1.807, 2.05) is 53.9 Å². The van der Waals surface area contributed by atoms with Crippen molar-refractivity contribution in [2.75, 3.05) is 28.2 Å². The highest BCUT2D eigenvalue weighted by molar-refractivity contribution is 7.11. The van der Waals surface area contributed by atoms with Crippen LogP contribution in [0.15, 0.2) is 71.7 Å². The van der Waals surface area contributed by atoms with Crippen LogP contribution < -0.4 is 15.1 Å². The molecule has 2 amide bonds. The van der Waals surface area contributed by atoms with Gasteiger partial charge in [-0.3, -0.25) is 9.59 Å². The fourth-order valence-electron chi connectivity index (χ4n) is 4.46. The van der Waals surface area contributed by atoms with E-state index >= 15 is 0 Å². The van der Waals surface area contributed by atoms with E-state index in [1.54, 1.807) is 0 Å². The average molecular weight is 458 g/mol. The third-order valence-corrected chi connectivity index (χ3v) is 7.20. The molecule has 3 aromatic rings. The van der Waals surface area contributed by atoms with Crippen molar-refractivity contribution in [1.29, 1.82) is 0 Å². The standard InChI is InChI=1S/C27H27N3O2S/c1-2-19-8-12-22(13-9-19)30-26(31)24(23-7-6-18-33-23)25(27(30)32)28-20-10-14-21(15-11-20)29-16-4-3-5-17-29/h6-15,18,28H,2-5,16-17H2,1H3. The number of hydrogen-bond donors (Lipinski definition) is 1. The molecule has 2 aliphatic rings. The highest BCUT2D eigenvalue weighted by atomic mass is 32.1. The van der Waals surface area contributed by atoms with E-state index in [4.69, 9.17) is 0 Å². The highest BCUT2D eigenvalue weighted by Gasteiger charge is 2.40. The lowest BCUT2D eigenvalue weighted by Crippen LogP contribution is -2.32. The fourth-order valence-corrected chi connectivity index (χ4v) is 5.23. The van der Waals surface area contributed by atoms with Gasteiger partial charge in [0.05, 0.1) is 11.3 Å². The Labute approximate surface area is 198 Å². The molecule has 0 bridgehead atoms. The van der Waals surface area contributed by atoms with E-state index in [-0.39, 0.29) is 11.8 Å². The van der Waals surface area contributed by atoms with Crippen molar-refractivity contribution in [2.45, 2.75) is 32.6 Å². The molecule has 5 rings (SSSR count). The maximum atomic E-state index is 13.5. The molecular weight excluding hydrogens is 430 g/mol. The predicted octanol–water partition coefficient (Wildman–Crippen LogP) is 5.70. The van der Waals surface area contributed by atoms with Crippen LogP contribution in [0.3, 0.4) is 0 Å². The molecule has 5 nitrogen and oxygen atoms in total. The smallest absolute Gasteiger partial charge is 0.282 e. The molecule has 0 atom stereocenters. The van der Waals surface area contributed by atoms with Crippen molar-refractivity contribution in [1.82, 2.24) is 0 Å². The number of thiophene rings is 1. The molecule has 1 fully saturated rings. The minimum absolute atomic E-state index is 0.292. The van der Waals surface area contributed by atoms with Crippen molar-refractivity contribution in [3.05, 3.63) is 82.2 Å². The largest absolute Gasteiger partial charge is 0.372 e. The lowest BCUT2D eigenvalue weighted by Gasteiger charge is -2.28. The summed E-state index contributed by atoms with van der Waals surface area (Å²) in [7, 11) is 0. The number of benzene rings is 2. The number of imide groups is 1. The minimum atomic E-state index is -0.326. The number of nitrogens with one attached hydrogen (secondary N) is 1. The Morgan fingerprint density at radius 1 is 0.848 bits per heavy atom. The Kier molecular flexibility index (Phi) is 6.01. The molecule has 2 aliphatic heterocycles. The van der Waals surface area contributed by atoms with Crippen LogP contribution in [0.1, 0.15) is 36.6 Å². The zero-order valence-corrected chi connectivity index (χ0v) is 19.5. The zero-order chi connectivity index (χ0) is 22.8. The van der Waals surface area contributed by atoms with Gasteiger partial charge in [0.25, 0.3) is 11.8 Å². The molecule has 168 valence electrons. The van der Waals surface area contributed by atoms with Gasteiger partial charge in [0.2, 0.25) is 0 Å². The Morgan fingerprint density at radius 3 is 2.18 bits per heavy atom. The number of amides is 2. The number of rotatable bonds is 6. The minimum Gasteiger partial charge on any atom is -0.372 e. The van der Waals surface area contributed by atoms with Gasteiger partial charge in [-0.05, 0) is 79.1 Å². The topological polar surface area (TPSA) is 52.7 Å². The van der Waals surface area contributed by atoms with Gasteiger partial charge in [-0.2, -0.15) is 0 Å². The summed E-state index contributed by atoms with van der Waals surface area (Å²) in [5.41, 5.74) is 4.50. The number of aryl methyl sites for hydroxylation is 1. The summed E-state index contributed by atoms with van der Waals surface area (Å²) >= 11 is 1.46. The molecule has 0 aliphatic carbocycles. The molecule has 0 radical (unpaired) electrons. The number of anilines is 3. The quantitative estimate of drug-likeness (QED) is 0.483. The maximum Gasteiger partial charge on any atom is 0.282 e. The molecule has 1 saturated heterocycles. The molecule has 33 heavy (non-hydrogen) atoms. The first-order valence-corrected chi connectivity index (χ1v) is 12.4. The van der Waals surface area contributed by atoms with E-state index in [1.165, 1.54) is 41.2 Å². The van der Waals surface area contributed by atoms with Crippen LogP contribution in [0.4, 0.5) is 17.1 Å². The van der Waals surface area contributed by atoms with E-state index in [0.29, 0.717) is 17.0 Å². The third-order valence-electron chi connectivity index (χ3n) is 6.31. The first-order chi connectivity index (χ1) is 16.2. The van der Waals surface area contributed by atoms with Gasteiger partial charge in [0, 0.05) is 29.3 Å². The van der Waals surface area contributed by atoms with Crippen molar-refractivity contribution < 1.29 is 9.59 Å². The SMILES string of the molecule is CCc1ccc(N2C(=O)C(Nc3ccc(N4CCCCC4)cc3)=C(c3cccs3)C2=O)cc1. The Hall–Kier alpha value is -3.38. The average Bonchev–Trinajstić information content (AvgIpc) is 3.47. The highest BCUT2D eigenvalue weighted by Crippen LogP contribution is 2.36. The van der Waals surface area contributed by atoms with Crippen molar-refractivity contribution in [3.8, 4) is 0 Å². The van der Waals surface area contributed by atoms with E-state index in [9.17, 15) is 9.59 Å².